The van der Waals surface area contributed by atoms with Crippen molar-refractivity contribution >= 4 is 17.3 Å². The van der Waals surface area contributed by atoms with E-state index >= 15 is 0 Å². The number of hydrogen-bond acceptors (Lipinski definition) is 2. The molecule has 1 aliphatic heterocycles. The number of nitrogens with zero attached hydrogens (tertiary/aromatic N) is 1. The molecule has 0 spiro atoms. The van der Waals surface area contributed by atoms with Crippen molar-refractivity contribution in [2.45, 2.75) is 13.8 Å². The lowest BCUT2D eigenvalue weighted by molar-refractivity contribution is -0.119. The molecule has 0 aliphatic carbocycles. The summed E-state index contributed by atoms with van der Waals surface area (Å²) in [7, 11) is 0. The van der Waals surface area contributed by atoms with Crippen LogP contribution in [0, 0.1) is 17.6 Å². The van der Waals surface area contributed by atoms with E-state index in [-0.39, 0.29) is 17.5 Å². The van der Waals surface area contributed by atoms with Crippen LogP contribution in [0.3, 0.4) is 0 Å². The Morgan fingerprint density at radius 1 is 1.47 bits per heavy atom. The normalized spacial score (nSPS) is 19.6. The summed E-state index contributed by atoms with van der Waals surface area (Å²) in [6.45, 7) is 4.70. The molecule has 1 amide bonds. The molecular formula is C12H14F2N2O. The zero-order chi connectivity index (χ0) is 12.6. The quantitative estimate of drug-likeness (QED) is 0.817. The summed E-state index contributed by atoms with van der Waals surface area (Å²) >= 11 is 0. The third-order valence-corrected chi connectivity index (χ3v) is 2.95. The van der Waals surface area contributed by atoms with Gasteiger partial charge in [-0.05, 0) is 13.0 Å². The Kier molecular flexibility index (Phi) is 3.00. The lowest BCUT2D eigenvalue weighted by atomic mass is 10.1. The summed E-state index contributed by atoms with van der Waals surface area (Å²) in [5.74, 6) is -1.87. The minimum absolute atomic E-state index is 0.0719. The number of benzene rings is 1. The number of nitrogens with one attached hydrogen (secondary N) is 1. The van der Waals surface area contributed by atoms with E-state index in [2.05, 4.69) is 5.32 Å². The number of rotatable bonds is 1. The van der Waals surface area contributed by atoms with Gasteiger partial charge in [0.05, 0.1) is 11.6 Å². The molecule has 1 heterocycles. The zero-order valence-electron chi connectivity index (χ0n) is 9.76. The molecule has 0 radical (unpaired) electrons. The van der Waals surface area contributed by atoms with Crippen LogP contribution in [0.25, 0.3) is 0 Å². The number of carbonyl (C=O) groups excluding carboxylic acids is 1. The van der Waals surface area contributed by atoms with Gasteiger partial charge in [0.2, 0.25) is 5.91 Å². The first-order valence-corrected chi connectivity index (χ1v) is 5.57. The van der Waals surface area contributed by atoms with Gasteiger partial charge in [-0.3, -0.25) is 4.79 Å². The second kappa shape index (κ2) is 4.31. The van der Waals surface area contributed by atoms with E-state index in [1.165, 1.54) is 6.07 Å². The van der Waals surface area contributed by atoms with Crippen molar-refractivity contribution < 1.29 is 13.6 Å². The number of fused-ring (bicyclic) bond motifs is 1. The van der Waals surface area contributed by atoms with Crippen LogP contribution >= 0.6 is 0 Å². The summed E-state index contributed by atoms with van der Waals surface area (Å²) in [5.41, 5.74) is 0.477. The standard InChI is InChI=1S/C12H14F2N2O/c1-3-16-6-7(2)12(17)15-11-9(14)4-8(13)5-10(11)16/h4-5,7H,3,6H2,1-2H3,(H,15,17). The van der Waals surface area contributed by atoms with Crippen molar-refractivity contribution in [1.29, 1.82) is 0 Å². The third kappa shape index (κ3) is 2.09. The molecule has 5 heteroatoms. The molecule has 1 N–H and O–H groups in total. The Balaban J connectivity index is 2.55. The summed E-state index contributed by atoms with van der Waals surface area (Å²) in [6.07, 6.45) is 0. The molecular weight excluding hydrogens is 226 g/mol. The molecule has 1 atom stereocenters. The predicted molar refractivity (Wildman–Crippen MR) is 62.0 cm³/mol. The van der Waals surface area contributed by atoms with Crippen LogP contribution in [0.5, 0.6) is 0 Å². The van der Waals surface area contributed by atoms with Crippen molar-refractivity contribution in [2.24, 2.45) is 5.92 Å². The van der Waals surface area contributed by atoms with E-state index in [4.69, 9.17) is 0 Å². The summed E-state index contributed by atoms with van der Waals surface area (Å²) in [6, 6.07) is 2.03. The molecule has 3 nitrogen and oxygen atoms in total. The second-order valence-corrected chi connectivity index (χ2v) is 4.21. The van der Waals surface area contributed by atoms with Gasteiger partial charge < -0.3 is 10.2 Å². The lowest BCUT2D eigenvalue weighted by Gasteiger charge is -2.23. The van der Waals surface area contributed by atoms with Crippen LogP contribution in [-0.2, 0) is 4.79 Å². The fraction of sp³-hybridized carbons (Fsp3) is 0.417. The Morgan fingerprint density at radius 2 is 2.18 bits per heavy atom. The highest BCUT2D eigenvalue weighted by Crippen LogP contribution is 2.33. The van der Waals surface area contributed by atoms with Gasteiger partial charge >= 0.3 is 0 Å². The van der Waals surface area contributed by atoms with Gasteiger partial charge in [-0.1, -0.05) is 6.92 Å². The first-order chi connectivity index (χ1) is 8.02. The fourth-order valence-corrected chi connectivity index (χ4v) is 1.99. The Bertz CT molecular complexity index is 462. The Hall–Kier alpha value is -1.65. The summed E-state index contributed by atoms with van der Waals surface area (Å²) in [5, 5.41) is 2.51. The molecule has 0 bridgehead atoms. The van der Waals surface area contributed by atoms with Gasteiger partial charge in [-0.2, -0.15) is 0 Å². The second-order valence-electron chi connectivity index (χ2n) is 4.21. The molecule has 1 unspecified atom stereocenters. The highest BCUT2D eigenvalue weighted by molar-refractivity contribution is 5.97. The van der Waals surface area contributed by atoms with Crippen molar-refractivity contribution in [3.63, 3.8) is 0 Å². The maximum absolute atomic E-state index is 13.6. The summed E-state index contributed by atoms with van der Waals surface area (Å²) < 4.78 is 26.9. The van der Waals surface area contributed by atoms with Crippen molar-refractivity contribution in [1.82, 2.24) is 0 Å². The average Bonchev–Trinajstić information content (AvgIpc) is 2.39. The van der Waals surface area contributed by atoms with Gasteiger partial charge in [-0.25, -0.2) is 8.78 Å². The van der Waals surface area contributed by atoms with Crippen LogP contribution in [0.4, 0.5) is 20.2 Å². The molecule has 1 aromatic carbocycles. The first-order valence-electron chi connectivity index (χ1n) is 5.57. The van der Waals surface area contributed by atoms with E-state index in [0.717, 1.165) is 6.07 Å². The molecule has 17 heavy (non-hydrogen) atoms. The lowest BCUT2D eigenvalue weighted by Crippen LogP contribution is -2.30. The molecule has 0 saturated heterocycles. The molecule has 1 aromatic rings. The largest absolute Gasteiger partial charge is 0.369 e. The van der Waals surface area contributed by atoms with Crippen LogP contribution in [0.15, 0.2) is 12.1 Å². The molecule has 92 valence electrons. The maximum Gasteiger partial charge on any atom is 0.229 e. The smallest absolute Gasteiger partial charge is 0.229 e. The number of amides is 1. The Morgan fingerprint density at radius 3 is 2.82 bits per heavy atom. The average molecular weight is 240 g/mol. The highest BCUT2D eigenvalue weighted by Gasteiger charge is 2.26. The predicted octanol–water partition coefficient (Wildman–Crippen LogP) is 2.38. The minimum Gasteiger partial charge on any atom is -0.369 e. The van der Waals surface area contributed by atoms with Crippen molar-refractivity contribution in [3.05, 3.63) is 23.8 Å². The van der Waals surface area contributed by atoms with E-state index in [0.29, 0.717) is 18.8 Å². The minimum atomic E-state index is -0.735. The SMILES string of the molecule is CCN1CC(C)C(=O)Nc2c(F)cc(F)cc21. The monoisotopic (exact) mass is 240 g/mol. The van der Waals surface area contributed by atoms with E-state index < -0.39 is 11.6 Å². The van der Waals surface area contributed by atoms with Gasteiger partial charge in [0.15, 0.2) is 5.82 Å². The number of halogens is 2. The highest BCUT2D eigenvalue weighted by atomic mass is 19.1. The Labute approximate surface area is 98.4 Å². The van der Waals surface area contributed by atoms with Crippen molar-refractivity contribution in [2.75, 3.05) is 23.3 Å². The van der Waals surface area contributed by atoms with E-state index in [1.54, 1.807) is 11.8 Å². The molecule has 2 rings (SSSR count). The number of carbonyl (C=O) groups is 1. The maximum atomic E-state index is 13.6. The van der Waals surface area contributed by atoms with E-state index in [1.807, 2.05) is 6.92 Å². The molecule has 0 aromatic heterocycles. The zero-order valence-corrected chi connectivity index (χ0v) is 9.76. The van der Waals surface area contributed by atoms with Crippen molar-refractivity contribution in [3.8, 4) is 0 Å². The first kappa shape index (κ1) is 11.8. The molecule has 0 fully saturated rings. The summed E-state index contributed by atoms with van der Waals surface area (Å²) in [4.78, 5) is 13.5. The number of anilines is 2. The van der Waals surface area contributed by atoms with Crippen LogP contribution < -0.4 is 10.2 Å². The van der Waals surface area contributed by atoms with Crippen LogP contribution in [0.2, 0.25) is 0 Å². The van der Waals surface area contributed by atoms with Gasteiger partial charge in [0, 0.05) is 19.2 Å². The molecule has 1 aliphatic rings. The third-order valence-electron chi connectivity index (χ3n) is 2.95. The topological polar surface area (TPSA) is 32.3 Å². The van der Waals surface area contributed by atoms with Gasteiger partial charge in [-0.15, -0.1) is 0 Å². The fourth-order valence-electron chi connectivity index (χ4n) is 1.99. The van der Waals surface area contributed by atoms with Crippen LogP contribution in [0.1, 0.15) is 13.8 Å². The van der Waals surface area contributed by atoms with Gasteiger partial charge in [0.1, 0.15) is 11.5 Å². The van der Waals surface area contributed by atoms with Gasteiger partial charge in [0.25, 0.3) is 0 Å². The molecule has 0 saturated carbocycles. The number of hydrogen-bond donors (Lipinski definition) is 1. The van der Waals surface area contributed by atoms with Crippen LogP contribution in [-0.4, -0.2) is 19.0 Å². The van der Waals surface area contributed by atoms with E-state index in [9.17, 15) is 13.6 Å².